The molecule has 1 aromatic heterocycles. The lowest BCUT2D eigenvalue weighted by Gasteiger charge is -2.39. The third kappa shape index (κ3) is 4.53. The molecule has 1 aromatic carbocycles. The monoisotopic (exact) mass is 478 g/mol. The van der Waals surface area contributed by atoms with Crippen LogP contribution in [0.5, 0.6) is 5.75 Å². The molecule has 3 aliphatic rings. The third-order valence-electron chi connectivity index (χ3n) is 7.74. The topological polar surface area (TPSA) is 66.9 Å². The number of piperidine rings is 1. The van der Waals surface area contributed by atoms with Crippen LogP contribution in [0.3, 0.4) is 0 Å². The number of nitrogens with zero attached hydrogens (tertiary/aromatic N) is 2. The summed E-state index contributed by atoms with van der Waals surface area (Å²) >= 11 is 1.62. The van der Waals surface area contributed by atoms with Crippen LogP contribution in [0.1, 0.15) is 59.5 Å². The van der Waals surface area contributed by atoms with Crippen LogP contribution in [0.2, 0.25) is 0 Å². The molecule has 0 saturated carbocycles. The Kier molecular flexibility index (Phi) is 6.30. The maximum Gasteiger partial charge on any atom is 0.246 e. The summed E-state index contributed by atoms with van der Waals surface area (Å²) in [4.78, 5) is 42.1. The smallest absolute Gasteiger partial charge is 0.246 e. The SMILES string of the molecule is COc1ccc2c(c1)C(CC(=O)N1CCC3(CCN(C(=O)C=Cc4ccsc4)CC3)C1)CC2=O. The number of fused-ring (bicyclic) bond motifs is 1. The lowest BCUT2D eigenvalue weighted by atomic mass is 9.77. The number of benzene rings is 1. The van der Waals surface area contributed by atoms with Crippen LogP contribution in [0.25, 0.3) is 6.08 Å². The van der Waals surface area contributed by atoms with E-state index in [-0.39, 0.29) is 28.9 Å². The van der Waals surface area contributed by atoms with E-state index in [0.717, 1.165) is 67.9 Å². The molecule has 3 heterocycles. The Morgan fingerprint density at radius 2 is 1.91 bits per heavy atom. The molecule has 2 saturated heterocycles. The van der Waals surface area contributed by atoms with Crippen molar-refractivity contribution in [3.8, 4) is 5.75 Å². The van der Waals surface area contributed by atoms with Gasteiger partial charge in [-0.25, -0.2) is 0 Å². The minimum atomic E-state index is -0.0730. The van der Waals surface area contributed by atoms with E-state index in [2.05, 4.69) is 0 Å². The highest BCUT2D eigenvalue weighted by atomic mass is 32.1. The molecular weight excluding hydrogens is 448 g/mol. The summed E-state index contributed by atoms with van der Waals surface area (Å²) in [6, 6.07) is 7.53. The number of hydrogen-bond acceptors (Lipinski definition) is 5. The number of hydrogen-bond donors (Lipinski definition) is 0. The molecule has 5 rings (SSSR count). The largest absolute Gasteiger partial charge is 0.497 e. The van der Waals surface area contributed by atoms with Crippen LogP contribution < -0.4 is 4.74 Å². The second-order valence-corrected chi connectivity index (χ2v) is 10.5. The highest BCUT2D eigenvalue weighted by Crippen LogP contribution is 2.42. The fraction of sp³-hybridized carbons (Fsp3) is 0.444. The Bertz CT molecular complexity index is 1120. The maximum absolute atomic E-state index is 13.2. The van der Waals surface area contributed by atoms with Gasteiger partial charge in [-0.05, 0) is 76.9 Å². The number of likely N-dealkylation sites (tertiary alicyclic amines) is 2. The first-order valence-electron chi connectivity index (χ1n) is 11.9. The molecule has 1 spiro atoms. The first-order valence-corrected chi connectivity index (χ1v) is 12.9. The van der Waals surface area contributed by atoms with Gasteiger partial charge in [-0.1, -0.05) is 0 Å². The molecule has 0 bridgehead atoms. The molecule has 1 aliphatic carbocycles. The Hall–Kier alpha value is -2.93. The Balaban J connectivity index is 1.16. The van der Waals surface area contributed by atoms with E-state index < -0.39 is 0 Å². The summed E-state index contributed by atoms with van der Waals surface area (Å²) in [5.41, 5.74) is 2.83. The number of rotatable bonds is 5. The number of methoxy groups -OCH3 is 1. The summed E-state index contributed by atoms with van der Waals surface area (Å²) in [6.07, 6.45) is 7.14. The van der Waals surface area contributed by atoms with Gasteiger partial charge in [0.15, 0.2) is 5.78 Å². The van der Waals surface area contributed by atoms with Crippen LogP contribution in [0, 0.1) is 5.41 Å². The molecule has 178 valence electrons. The molecule has 6 nitrogen and oxygen atoms in total. The second-order valence-electron chi connectivity index (χ2n) is 9.76. The third-order valence-corrected chi connectivity index (χ3v) is 8.44. The van der Waals surface area contributed by atoms with E-state index in [4.69, 9.17) is 4.74 Å². The number of ether oxygens (including phenoxy) is 1. The van der Waals surface area contributed by atoms with Crippen LogP contribution in [-0.2, 0) is 9.59 Å². The van der Waals surface area contributed by atoms with Crippen molar-refractivity contribution < 1.29 is 19.1 Å². The lowest BCUT2D eigenvalue weighted by Crippen LogP contribution is -2.44. The van der Waals surface area contributed by atoms with Crippen LogP contribution in [0.15, 0.2) is 41.1 Å². The van der Waals surface area contributed by atoms with Gasteiger partial charge >= 0.3 is 0 Å². The molecule has 1 unspecified atom stereocenters. The van der Waals surface area contributed by atoms with Crippen LogP contribution >= 0.6 is 11.3 Å². The van der Waals surface area contributed by atoms with Gasteiger partial charge < -0.3 is 14.5 Å². The highest BCUT2D eigenvalue weighted by molar-refractivity contribution is 7.08. The van der Waals surface area contributed by atoms with Gasteiger partial charge in [-0.3, -0.25) is 14.4 Å². The van der Waals surface area contributed by atoms with E-state index >= 15 is 0 Å². The summed E-state index contributed by atoms with van der Waals surface area (Å²) in [6.45, 7) is 2.99. The first kappa shape index (κ1) is 22.8. The molecule has 7 heteroatoms. The van der Waals surface area contributed by atoms with E-state index in [0.29, 0.717) is 12.8 Å². The van der Waals surface area contributed by atoms with Gasteiger partial charge in [0.1, 0.15) is 5.75 Å². The average Bonchev–Trinajstić information content (AvgIpc) is 3.58. The summed E-state index contributed by atoms with van der Waals surface area (Å²) in [7, 11) is 1.61. The van der Waals surface area contributed by atoms with E-state index in [1.54, 1.807) is 30.6 Å². The molecule has 0 radical (unpaired) electrons. The molecule has 1 atom stereocenters. The standard InChI is InChI=1S/C27H30N2O4S/c1-33-21-3-4-22-23(16-21)20(14-24(22)30)15-26(32)29-12-9-27(18-29)7-10-28(11-8-27)25(31)5-2-19-6-13-34-17-19/h2-6,13,16-17,20H,7-12,14-15,18H2,1H3. The van der Waals surface area contributed by atoms with Gasteiger partial charge in [0.2, 0.25) is 11.8 Å². The Morgan fingerprint density at radius 3 is 2.62 bits per heavy atom. The van der Waals surface area contributed by atoms with Gasteiger partial charge in [-0.15, -0.1) is 0 Å². The van der Waals surface area contributed by atoms with Gasteiger partial charge in [0, 0.05) is 56.6 Å². The van der Waals surface area contributed by atoms with Crippen LogP contribution in [-0.4, -0.2) is 60.7 Å². The zero-order valence-electron chi connectivity index (χ0n) is 19.5. The number of Topliss-reactive ketones (excluding diaryl/α,β-unsaturated/α-hetero) is 1. The van der Waals surface area contributed by atoms with Crippen LogP contribution in [0.4, 0.5) is 0 Å². The first-order chi connectivity index (χ1) is 16.5. The fourth-order valence-electron chi connectivity index (χ4n) is 5.63. The van der Waals surface area contributed by atoms with Crippen molar-refractivity contribution >= 4 is 35.0 Å². The van der Waals surface area contributed by atoms with Crippen molar-refractivity contribution in [2.45, 2.75) is 38.0 Å². The quantitative estimate of drug-likeness (QED) is 0.599. The van der Waals surface area contributed by atoms with Crippen molar-refractivity contribution in [2.24, 2.45) is 5.41 Å². The number of ketones is 1. The van der Waals surface area contributed by atoms with Crippen molar-refractivity contribution in [3.63, 3.8) is 0 Å². The Morgan fingerprint density at radius 1 is 1.15 bits per heavy atom. The number of carbonyl (C=O) groups excluding carboxylic acids is 3. The predicted octanol–water partition coefficient (Wildman–Crippen LogP) is 4.37. The second kappa shape index (κ2) is 9.37. The molecular formula is C27H30N2O4S. The molecule has 2 aliphatic heterocycles. The maximum atomic E-state index is 13.2. The van der Waals surface area contributed by atoms with Gasteiger partial charge in [0.25, 0.3) is 0 Å². The van der Waals surface area contributed by atoms with Gasteiger partial charge in [-0.2, -0.15) is 11.3 Å². The van der Waals surface area contributed by atoms with Gasteiger partial charge in [0.05, 0.1) is 7.11 Å². The summed E-state index contributed by atoms with van der Waals surface area (Å²) in [5, 5.41) is 4.03. The number of amides is 2. The van der Waals surface area contributed by atoms with E-state index in [1.807, 2.05) is 44.8 Å². The minimum Gasteiger partial charge on any atom is -0.497 e. The fourth-order valence-corrected chi connectivity index (χ4v) is 6.25. The minimum absolute atomic E-state index is 0.0620. The van der Waals surface area contributed by atoms with Crippen molar-refractivity contribution in [1.29, 1.82) is 0 Å². The van der Waals surface area contributed by atoms with Crippen molar-refractivity contribution in [3.05, 3.63) is 57.8 Å². The summed E-state index contributed by atoms with van der Waals surface area (Å²) in [5.74, 6) is 0.946. The van der Waals surface area contributed by atoms with Crippen molar-refractivity contribution in [2.75, 3.05) is 33.3 Å². The zero-order valence-corrected chi connectivity index (χ0v) is 20.3. The molecule has 2 aromatic rings. The lowest BCUT2D eigenvalue weighted by molar-refractivity contribution is -0.132. The Labute approximate surface area is 204 Å². The average molecular weight is 479 g/mol. The molecule has 2 amide bonds. The summed E-state index contributed by atoms with van der Waals surface area (Å²) < 4.78 is 5.32. The molecule has 2 fully saturated rings. The van der Waals surface area contributed by atoms with Crippen molar-refractivity contribution in [1.82, 2.24) is 9.80 Å². The normalized spacial score (nSPS) is 21.4. The highest BCUT2D eigenvalue weighted by Gasteiger charge is 2.43. The van der Waals surface area contributed by atoms with E-state index in [9.17, 15) is 14.4 Å². The number of carbonyl (C=O) groups is 3. The molecule has 34 heavy (non-hydrogen) atoms. The molecule has 0 N–H and O–H groups in total. The van der Waals surface area contributed by atoms with E-state index in [1.165, 1.54) is 0 Å². The predicted molar refractivity (Wildman–Crippen MR) is 132 cm³/mol. The zero-order chi connectivity index (χ0) is 23.7. The number of thiophene rings is 1.